The number of nitrogens with two attached hydrogens (primary N) is 1. The second kappa shape index (κ2) is 6.49. The Balaban J connectivity index is 1.80. The molecular weight excluding hydrogens is 282 g/mol. The van der Waals surface area contributed by atoms with Gasteiger partial charge in [-0.05, 0) is 42.7 Å². The van der Waals surface area contributed by atoms with Crippen molar-refractivity contribution in [2.75, 3.05) is 18.6 Å². The molecule has 2 aliphatic rings. The Kier molecular flexibility index (Phi) is 4.65. The van der Waals surface area contributed by atoms with Crippen molar-refractivity contribution in [1.29, 1.82) is 0 Å². The number of thioether (sulfide) groups is 1. The van der Waals surface area contributed by atoms with Crippen LogP contribution >= 0.6 is 11.8 Å². The van der Waals surface area contributed by atoms with Crippen LogP contribution in [0.25, 0.3) is 0 Å². The van der Waals surface area contributed by atoms with Crippen molar-refractivity contribution < 1.29 is 9.47 Å². The molecule has 0 bridgehead atoms. The molecule has 0 amide bonds. The summed E-state index contributed by atoms with van der Waals surface area (Å²) in [6.45, 7) is 0. The van der Waals surface area contributed by atoms with E-state index in [0.29, 0.717) is 6.10 Å². The minimum absolute atomic E-state index is 0.187. The fourth-order valence-electron chi connectivity index (χ4n) is 3.33. The maximum Gasteiger partial charge on any atom is 0.161 e. The van der Waals surface area contributed by atoms with E-state index in [1.807, 2.05) is 17.8 Å². The molecule has 2 fully saturated rings. The first-order valence-electron chi connectivity index (χ1n) is 7.93. The van der Waals surface area contributed by atoms with E-state index in [4.69, 9.17) is 15.2 Å². The van der Waals surface area contributed by atoms with Crippen molar-refractivity contribution in [1.82, 2.24) is 0 Å². The minimum Gasteiger partial charge on any atom is -0.493 e. The molecule has 3 nitrogen and oxygen atoms in total. The van der Waals surface area contributed by atoms with Crippen molar-refractivity contribution in [2.24, 2.45) is 5.73 Å². The molecule has 1 heterocycles. The van der Waals surface area contributed by atoms with Gasteiger partial charge >= 0.3 is 0 Å². The molecule has 21 heavy (non-hydrogen) atoms. The predicted molar refractivity (Wildman–Crippen MR) is 88.3 cm³/mol. The van der Waals surface area contributed by atoms with Crippen LogP contribution in [0.3, 0.4) is 0 Å². The number of benzene rings is 1. The molecule has 1 saturated carbocycles. The van der Waals surface area contributed by atoms with Gasteiger partial charge in [-0.3, -0.25) is 0 Å². The SMILES string of the molecule is COc1cc(C2(N)CCCCC2)ccc1OC1CCSC1. The molecule has 1 atom stereocenters. The molecule has 1 unspecified atom stereocenters. The lowest BCUT2D eigenvalue weighted by atomic mass is 9.77. The van der Waals surface area contributed by atoms with Crippen molar-refractivity contribution in [2.45, 2.75) is 50.2 Å². The number of hydrogen-bond acceptors (Lipinski definition) is 4. The number of methoxy groups -OCH3 is 1. The lowest BCUT2D eigenvalue weighted by Crippen LogP contribution is -2.38. The first-order valence-corrected chi connectivity index (χ1v) is 9.08. The number of rotatable bonds is 4. The summed E-state index contributed by atoms with van der Waals surface area (Å²) < 4.78 is 11.6. The van der Waals surface area contributed by atoms with Gasteiger partial charge < -0.3 is 15.2 Å². The van der Waals surface area contributed by atoms with Crippen LogP contribution in [0, 0.1) is 0 Å². The summed E-state index contributed by atoms with van der Waals surface area (Å²) in [7, 11) is 1.71. The molecule has 2 N–H and O–H groups in total. The van der Waals surface area contributed by atoms with E-state index in [-0.39, 0.29) is 5.54 Å². The van der Waals surface area contributed by atoms with Crippen LogP contribution in [0.1, 0.15) is 44.1 Å². The highest BCUT2D eigenvalue weighted by atomic mass is 32.2. The van der Waals surface area contributed by atoms with Gasteiger partial charge in [-0.2, -0.15) is 11.8 Å². The van der Waals surface area contributed by atoms with Gasteiger partial charge in [0.25, 0.3) is 0 Å². The molecule has 0 radical (unpaired) electrons. The van der Waals surface area contributed by atoms with Gasteiger partial charge in [0.2, 0.25) is 0 Å². The quantitative estimate of drug-likeness (QED) is 0.921. The molecule has 4 heteroatoms. The van der Waals surface area contributed by atoms with Crippen LogP contribution < -0.4 is 15.2 Å². The summed E-state index contributed by atoms with van der Waals surface area (Å²) in [6, 6.07) is 6.26. The van der Waals surface area contributed by atoms with Gasteiger partial charge in [0.1, 0.15) is 6.10 Å². The van der Waals surface area contributed by atoms with Crippen LogP contribution in [0.5, 0.6) is 11.5 Å². The fourth-order valence-corrected chi connectivity index (χ4v) is 4.43. The van der Waals surface area contributed by atoms with Crippen LogP contribution in [0.15, 0.2) is 18.2 Å². The van der Waals surface area contributed by atoms with E-state index in [1.165, 1.54) is 30.6 Å². The highest BCUT2D eigenvalue weighted by molar-refractivity contribution is 7.99. The summed E-state index contributed by atoms with van der Waals surface area (Å²) in [5, 5.41) is 0. The zero-order valence-corrected chi connectivity index (χ0v) is 13.6. The minimum atomic E-state index is -0.187. The smallest absolute Gasteiger partial charge is 0.161 e. The summed E-state index contributed by atoms with van der Waals surface area (Å²) in [6.07, 6.45) is 7.31. The summed E-state index contributed by atoms with van der Waals surface area (Å²) in [5.74, 6) is 3.94. The third kappa shape index (κ3) is 3.32. The van der Waals surface area contributed by atoms with Gasteiger partial charge in [-0.1, -0.05) is 25.3 Å². The average molecular weight is 307 g/mol. The lowest BCUT2D eigenvalue weighted by Gasteiger charge is -2.34. The average Bonchev–Trinajstić information content (AvgIpc) is 3.01. The van der Waals surface area contributed by atoms with Gasteiger partial charge in [0.15, 0.2) is 11.5 Å². The number of hydrogen-bond donors (Lipinski definition) is 1. The molecule has 1 aromatic carbocycles. The molecule has 3 rings (SSSR count). The third-order valence-corrected chi connectivity index (χ3v) is 5.80. The maximum absolute atomic E-state index is 6.62. The molecule has 1 saturated heterocycles. The van der Waals surface area contributed by atoms with E-state index in [9.17, 15) is 0 Å². The first kappa shape index (κ1) is 15.0. The van der Waals surface area contributed by atoms with Crippen LogP contribution in [0.4, 0.5) is 0 Å². The maximum atomic E-state index is 6.62. The molecular formula is C17H25NO2S. The Morgan fingerprint density at radius 1 is 1.19 bits per heavy atom. The molecule has 0 spiro atoms. The third-order valence-electron chi connectivity index (χ3n) is 4.67. The van der Waals surface area contributed by atoms with Crippen LogP contribution in [-0.4, -0.2) is 24.7 Å². The molecule has 1 aliphatic carbocycles. The van der Waals surface area contributed by atoms with Gasteiger partial charge in [0, 0.05) is 11.3 Å². The lowest BCUT2D eigenvalue weighted by molar-refractivity contribution is 0.218. The Hall–Kier alpha value is -0.870. The fraction of sp³-hybridized carbons (Fsp3) is 0.647. The Morgan fingerprint density at radius 3 is 2.67 bits per heavy atom. The molecule has 116 valence electrons. The van der Waals surface area contributed by atoms with E-state index >= 15 is 0 Å². The Morgan fingerprint density at radius 2 is 2.00 bits per heavy atom. The first-order chi connectivity index (χ1) is 10.2. The Bertz CT molecular complexity index is 480. The largest absolute Gasteiger partial charge is 0.493 e. The predicted octanol–water partition coefficient (Wildman–Crippen LogP) is 3.70. The standard InChI is InChI=1S/C17H25NO2S/c1-19-16-11-13(17(18)8-3-2-4-9-17)5-6-15(16)20-14-7-10-21-12-14/h5-6,11,14H,2-4,7-10,12,18H2,1H3. The van der Waals surface area contributed by atoms with Crippen molar-refractivity contribution in [3.63, 3.8) is 0 Å². The van der Waals surface area contributed by atoms with Crippen molar-refractivity contribution >= 4 is 11.8 Å². The zero-order valence-electron chi connectivity index (χ0n) is 12.8. The summed E-state index contributed by atoms with van der Waals surface area (Å²) >= 11 is 1.95. The normalized spacial score (nSPS) is 24.8. The second-order valence-electron chi connectivity index (χ2n) is 6.19. The van der Waals surface area contributed by atoms with Gasteiger partial charge in [-0.15, -0.1) is 0 Å². The van der Waals surface area contributed by atoms with Gasteiger partial charge in [0.05, 0.1) is 7.11 Å². The van der Waals surface area contributed by atoms with E-state index in [2.05, 4.69) is 12.1 Å². The molecule has 1 aromatic rings. The monoisotopic (exact) mass is 307 g/mol. The summed E-state index contributed by atoms with van der Waals surface area (Å²) in [5.41, 5.74) is 7.62. The van der Waals surface area contributed by atoms with E-state index in [1.54, 1.807) is 7.11 Å². The van der Waals surface area contributed by atoms with Gasteiger partial charge in [-0.25, -0.2) is 0 Å². The van der Waals surface area contributed by atoms with E-state index < -0.39 is 0 Å². The molecule has 0 aromatic heterocycles. The zero-order chi connectivity index (χ0) is 14.7. The number of ether oxygens (including phenoxy) is 2. The van der Waals surface area contributed by atoms with Crippen LogP contribution in [-0.2, 0) is 5.54 Å². The summed E-state index contributed by atoms with van der Waals surface area (Å²) in [4.78, 5) is 0. The Labute approximate surface area is 131 Å². The van der Waals surface area contributed by atoms with Crippen molar-refractivity contribution in [3.05, 3.63) is 23.8 Å². The highest BCUT2D eigenvalue weighted by Crippen LogP contribution is 2.39. The highest BCUT2D eigenvalue weighted by Gasteiger charge is 2.30. The second-order valence-corrected chi connectivity index (χ2v) is 7.34. The van der Waals surface area contributed by atoms with E-state index in [0.717, 1.165) is 36.5 Å². The van der Waals surface area contributed by atoms with Crippen LogP contribution in [0.2, 0.25) is 0 Å². The van der Waals surface area contributed by atoms with Crippen molar-refractivity contribution in [3.8, 4) is 11.5 Å². The topological polar surface area (TPSA) is 44.5 Å². The molecule has 1 aliphatic heterocycles.